The molecule has 0 radical (unpaired) electrons. The highest BCUT2D eigenvalue weighted by Gasteiger charge is 2.23. The maximum Gasteiger partial charge on any atom is 0.227 e. The van der Waals surface area contributed by atoms with Crippen LogP contribution in [0.1, 0.15) is 5.56 Å². The number of hydrogen-bond donors (Lipinski definition) is 0. The SMILES string of the molecule is Cn1ncc2c(N3CCN(C(=O)Cc4ccc(-n5cccc5)cc4)CC3)ncnc21. The fourth-order valence-corrected chi connectivity index (χ4v) is 3.95. The molecule has 0 spiro atoms. The fraction of sp³-hybridized carbons (Fsp3) is 0.273. The van der Waals surface area contributed by atoms with Crippen molar-refractivity contribution in [1.29, 1.82) is 0 Å². The van der Waals surface area contributed by atoms with Gasteiger partial charge in [0.2, 0.25) is 5.91 Å². The Labute approximate surface area is 174 Å². The van der Waals surface area contributed by atoms with Gasteiger partial charge in [0.05, 0.1) is 18.0 Å². The predicted octanol–water partition coefficient (Wildman–Crippen LogP) is 2.05. The summed E-state index contributed by atoms with van der Waals surface area (Å²) in [7, 11) is 1.88. The number of aromatic nitrogens is 5. The van der Waals surface area contributed by atoms with E-state index < -0.39 is 0 Å². The van der Waals surface area contributed by atoms with Crippen molar-refractivity contribution >= 4 is 22.8 Å². The van der Waals surface area contributed by atoms with E-state index in [1.165, 1.54) is 0 Å². The molecule has 4 heterocycles. The van der Waals surface area contributed by atoms with Crippen LogP contribution in [-0.2, 0) is 18.3 Å². The van der Waals surface area contributed by atoms with Crippen molar-refractivity contribution in [2.45, 2.75) is 6.42 Å². The lowest BCUT2D eigenvalue weighted by molar-refractivity contribution is -0.130. The van der Waals surface area contributed by atoms with Crippen molar-refractivity contribution in [3.05, 3.63) is 66.9 Å². The van der Waals surface area contributed by atoms with Crippen LogP contribution in [0.4, 0.5) is 5.82 Å². The third-order valence-electron chi connectivity index (χ3n) is 5.63. The summed E-state index contributed by atoms with van der Waals surface area (Å²) in [6, 6.07) is 12.2. The van der Waals surface area contributed by atoms with Gasteiger partial charge in [-0.05, 0) is 29.8 Å². The quantitative estimate of drug-likeness (QED) is 0.523. The first-order chi connectivity index (χ1) is 14.7. The molecule has 30 heavy (non-hydrogen) atoms. The molecule has 1 aliphatic heterocycles. The van der Waals surface area contributed by atoms with E-state index in [0.717, 1.165) is 41.2 Å². The van der Waals surface area contributed by atoms with Crippen molar-refractivity contribution in [3.63, 3.8) is 0 Å². The zero-order valence-electron chi connectivity index (χ0n) is 16.8. The van der Waals surface area contributed by atoms with Crippen molar-refractivity contribution in [1.82, 2.24) is 29.2 Å². The molecule has 0 bridgehead atoms. The van der Waals surface area contributed by atoms with Crippen LogP contribution in [0.25, 0.3) is 16.7 Å². The molecule has 8 heteroatoms. The number of piperazine rings is 1. The van der Waals surface area contributed by atoms with E-state index in [1.807, 2.05) is 48.6 Å². The number of carbonyl (C=O) groups excluding carboxylic acids is 1. The largest absolute Gasteiger partial charge is 0.352 e. The molecule has 1 saturated heterocycles. The molecule has 0 saturated carbocycles. The number of benzene rings is 1. The van der Waals surface area contributed by atoms with Gasteiger partial charge in [0, 0.05) is 51.3 Å². The molecule has 5 rings (SSSR count). The molecule has 3 aromatic heterocycles. The molecule has 0 unspecified atom stereocenters. The average Bonchev–Trinajstić information content (AvgIpc) is 3.45. The molecule has 1 aliphatic rings. The smallest absolute Gasteiger partial charge is 0.227 e. The van der Waals surface area contributed by atoms with Crippen LogP contribution in [0.3, 0.4) is 0 Å². The van der Waals surface area contributed by atoms with E-state index in [2.05, 4.69) is 36.7 Å². The predicted molar refractivity (Wildman–Crippen MR) is 115 cm³/mol. The topological polar surface area (TPSA) is 72.1 Å². The third-order valence-corrected chi connectivity index (χ3v) is 5.63. The van der Waals surface area contributed by atoms with Gasteiger partial charge in [-0.3, -0.25) is 9.48 Å². The van der Waals surface area contributed by atoms with Gasteiger partial charge < -0.3 is 14.4 Å². The lowest BCUT2D eigenvalue weighted by atomic mass is 10.1. The number of hydrogen-bond acceptors (Lipinski definition) is 5. The summed E-state index contributed by atoms with van der Waals surface area (Å²) in [4.78, 5) is 25.7. The molecule has 0 aliphatic carbocycles. The van der Waals surface area contributed by atoms with Gasteiger partial charge in [-0.1, -0.05) is 12.1 Å². The van der Waals surface area contributed by atoms with Crippen molar-refractivity contribution in [3.8, 4) is 5.69 Å². The molecule has 8 nitrogen and oxygen atoms in total. The van der Waals surface area contributed by atoms with E-state index in [1.54, 1.807) is 17.2 Å². The Kier molecular flexibility index (Phi) is 4.66. The van der Waals surface area contributed by atoms with E-state index in [9.17, 15) is 4.79 Å². The molecule has 152 valence electrons. The van der Waals surface area contributed by atoms with Gasteiger partial charge in [-0.25, -0.2) is 9.97 Å². The first-order valence-corrected chi connectivity index (χ1v) is 10.1. The summed E-state index contributed by atoms with van der Waals surface area (Å²) in [6.45, 7) is 2.87. The average molecular weight is 401 g/mol. The summed E-state index contributed by atoms with van der Waals surface area (Å²) < 4.78 is 3.80. The van der Waals surface area contributed by atoms with Crippen LogP contribution in [0.15, 0.2) is 61.3 Å². The number of amides is 1. The minimum absolute atomic E-state index is 0.164. The normalized spacial score (nSPS) is 14.4. The number of anilines is 1. The Bertz CT molecular complexity index is 1160. The second-order valence-electron chi connectivity index (χ2n) is 7.50. The number of aryl methyl sites for hydroxylation is 1. The monoisotopic (exact) mass is 401 g/mol. The van der Waals surface area contributed by atoms with E-state index in [0.29, 0.717) is 19.5 Å². The molecule has 0 N–H and O–H groups in total. The summed E-state index contributed by atoms with van der Waals surface area (Å²) in [5.41, 5.74) is 2.95. The van der Waals surface area contributed by atoms with Crippen LogP contribution >= 0.6 is 0 Å². The standard InChI is InChI=1S/C22H23N7O/c1-26-21-19(15-25-26)22(24-16-23-21)29-12-10-28(11-13-29)20(30)14-17-4-6-18(7-5-17)27-8-2-3-9-27/h2-9,15-16H,10-14H2,1H3. The third kappa shape index (κ3) is 3.41. The van der Waals surface area contributed by atoms with Gasteiger partial charge in [-0.2, -0.15) is 5.10 Å². The molecular weight excluding hydrogens is 378 g/mol. The highest BCUT2D eigenvalue weighted by atomic mass is 16.2. The van der Waals surface area contributed by atoms with E-state index in [-0.39, 0.29) is 5.91 Å². The number of rotatable bonds is 4. The second-order valence-corrected chi connectivity index (χ2v) is 7.50. The van der Waals surface area contributed by atoms with Crippen molar-refractivity contribution in [2.75, 3.05) is 31.1 Å². The minimum Gasteiger partial charge on any atom is -0.352 e. The number of nitrogens with zero attached hydrogens (tertiary/aromatic N) is 7. The summed E-state index contributed by atoms with van der Waals surface area (Å²) in [5.74, 6) is 1.05. The Morgan fingerprint density at radius 2 is 1.73 bits per heavy atom. The Hall–Kier alpha value is -3.68. The van der Waals surface area contributed by atoms with Crippen LogP contribution < -0.4 is 4.90 Å². The van der Waals surface area contributed by atoms with Crippen LogP contribution in [0, 0.1) is 0 Å². The fourth-order valence-electron chi connectivity index (χ4n) is 3.95. The highest BCUT2D eigenvalue weighted by molar-refractivity contribution is 5.87. The molecule has 1 amide bonds. The van der Waals surface area contributed by atoms with Crippen LogP contribution in [-0.4, -0.2) is 61.3 Å². The number of carbonyl (C=O) groups is 1. The maximum absolute atomic E-state index is 12.8. The molecule has 1 fully saturated rings. The van der Waals surface area contributed by atoms with Gasteiger partial charge in [0.25, 0.3) is 0 Å². The zero-order valence-corrected chi connectivity index (χ0v) is 16.8. The number of fused-ring (bicyclic) bond motifs is 1. The summed E-state index contributed by atoms with van der Waals surface area (Å²) in [5, 5.41) is 5.23. The zero-order chi connectivity index (χ0) is 20.5. The van der Waals surface area contributed by atoms with Crippen LogP contribution in [0.5, 0.6) is 0 Å². The molecule has 1 aromatic carbocycles. The lowest BCUT2D eigenvalue weighted by Gasteiger charge is -2.35. The van der Waals surface area contributed by atoms with E-state index >= 15 is 0 Å². The maximum atomic E-state index is 12.8. The molecule has 0 atom stereocenters. The minimum atomic E-state index is 0.164. The Balaban J connectivity index is 1.21. The van der Waals surface area contributed by atoms with Crippen molar-refractivity contribution < 1.29 is 4.79 Å². The van der Waals surface area contributed by atoms with Gasteiger partial charge in [-0.15, -0.1) is 0 Å². The Morgan fingerprint density at radius 3 is 2.47 bits per heavy atom. The van der Waals surface area contributed by atoms with Crippen LogP contribution in [0.2, 0.25) is 0 Å². The Morgan fingerprint density at radius 1 is 1.00 bits per heavy atom. The first kappa shape index (κ1) is 18.4. The lowest BCUT2D eigenvalue weighted by Crippen LogP contribution is -2.49. The van der Waals surface area contributed by atoms with E-state index in [4.69, 9.17) is 0 Å². The van der Waals surface area contributed by atoms with Gasteiger partial charge >= 0.3 is 0 Å². The summed E-state index contributed by atoms with van der Waals surface area (Å²) in [6.07, 6.45) is 7.83. The molecule has 4 aromatic rings. The summed E-state index contributed by atoms with van der Waals surface area (Å²) >= 11 is 0. The highest BCUT2D eigenvalue weighted by Crippen LogP contribution is 2.23. The second kappa shape index (κ2) is 7.62. The first-order valence-electron chi connectivity index (χ1n) is 10.1. The van der Waals surface area contributed by atoms with Gasteiger partial charge in [0.1, 0.15) is 12.1 Å². The van der Waals surface area contributed by atoms with Crippen molar-refractivity contribution in [2.24, 2.45) is 7.05 Å². The molecular formula is C22H23N7O. The van der Waals surface area contributed by atoms with Gasteiger partial charge in [0.15, 0.2) is 5.65 Å².